The van der Waals surface area contributed by atoms with Crippen LogP contribution >= 0.6 is 0 Å². The van der Waals surface area contributed by atoms with Gasteiger partial charge in [0, 0.05) is 12.6 Å². The zero-order valence-electron chi connectivity index (χ0n) is 8.20. The minimum atomic E-state index is -0.743. The highest BCUT2D eigenvalue weighted by molar-refractivity contribution is 5.90. The van der Waals surface area contributed by atoms with E-state index in [9.17, 15) is 5.11 Å². The standard InChI is InChI=1S/C8H19N3O2/c1-8(2,12)4-3-6(10)7(5-9)11-13/h6,12-13H,3-5,9-10H2,1-2H3/b11-7-. The lowest BCUT2D eigenvalue weighted by molar-refractivity contribution is 0.0682. The summed E-state index contributed by atoms with van der Waals surface area (Å²) in [6, 6.07) is -0.374. The van der Waals surface area contributed by atoms with Gasteiger partial charge in [0.1, 0.15) is 0 Å². The van der Waals surface area contributed by atoms with Gasteiger partial charge in [-0.2, -0.15) is 0 Å². The van der Waals surface area contributed by atoms with Crippen molar-refractivity contribution in [1.82, 2.24) is 0 Å². The molecule has 0 aliphatic carbocycles. The van der Waals surface area contributed by atoms with Gasteiger partial charge in [0.05, 0.1) is 11.3 Å². The summed E-state index contributed by atoms with van der Waals surface area (Å²) in [5.74, 6) is 0. The van der Waals surface area contributed by atoms with Gasteiger partial charge in [-0.25, -0.2) is 0 Å². The topological polar surface area (TPSA) is 105 Å². The summed E-state index contributed by atoms with van der Waals surface area (Å²) in [5, 5.41) is 20.9. The van der Waals surface area contributed by atoms with Gasteiger partial charge in [0.2, 0.25) is 0 Å². The highest BCUT2D eigenvalue weighted by Crippen LogP contribution is 2.11. The van der Waals surface area contributed by atoms with Gasteiger partial charge in [-0.15, -0.1) is 0 Å². The van der Waals surface area contributed by atoms with Crippen molar-refractivity contribution >= 4 is 5.71 Å². The SMILES string of the molecule is CC(C)(O)CCC(N)/C(CN)=N\O. The molecule has 0 radical (unpaired) electrons. The van der Waals surface area contributed by atoms with E-state index in [4.69, 9.17) is 16.7 Å². The molecule has 0 aromatic rings. The summed E-state index contributed by atoms with van der Waals surface area (Å²) < 4.78 is 0. The fourth-order valence-corrected chi connectivity index (χ4v) is 0.942. The van der Waals surface area contributed by atoms with Gasteiger partial charge in [-0.05, 0) is 26.7 Å². The number of oxime groups is 1. The molecular formula is C8H19N3O2. The van der Waals surface area contributed by atoms with E-state index in [1.165, 1.54) is 0 Å². The Labute approximate surface area is 78.4 Å². The van der Waals surface area contributed by atoms with E-state index in [1.54, 1.807) is 13.8 Å². The van der Waals surface area contributed by atoms with Crippen molar-refractivity contribution in [1.29, 1.82) is 0 Å². The molecule has 13 heavy (non-hydrogen) atoms. The molecule has 1 unspecified atom stereocenters. The summed E-state index contributed by atoms with van der Waals surface area (Å²) in [6.45, 7) is 3.55. The van der Waals surface area contributed by atoms with Crippen LogP contribution in [0.2, 0.25) is 0 Å². The van der Waals surface area contributed by atoms with Crippen molar-refractivity contribution in [2.45, 2.75) is 38.3 Å². The van der Waals surface area contributed by atoms with Crippen molar-refractivity contribution in [2.24, 2.45) is 16.6 Å². The molecule has 0 spiro atoms. The van der Waals surface area contributed by atoms with E-state index >= 15 is 0 Å². The molecule has 0 aliphatic rings. The maximum Gasteiger partial charge on any atom is 0.0872 e. The van der Waals surface area contributed by atoms with Crippen LogP contribution in [0.5, 0.6) is 0 Å². The second kappa shape index (κ2) is 5.16. The number of nitrogens with zero attached hydrogens (tertiary/aromatic N) is 1. The van der Waals surface area contributed by atoms with E-state index in [0.29, 0.717) is 18.6 Å². The average Bonchev–Trinajstić information content (AvgIpc) is 2.02. The Morgan fingerprint density at radius 2 is 2.08 bits per heavy atom. The van der Waals surface area contributed by atoms with Gasteiger partial charge in [-0.3, -0.25) is 0 Å². The summed E-state index contributed by atoms with van der Waals surface area (Å²) in [4.78, 5) is 0. The largest absolute Gasteiger partial charge is 0.411 e. The molecule has 0 aromatic heterocycles. The Bertz CT molecular complexity index is 175. The normalized spacial score (nSPS) is 15.9. The third kappa shape index (κ3) is 5.57. The minimum Gasteiger partial charge on any atom is -0.411 e. The van der Waals surface area contributed by atoms with Gasteiger partial charge in [-0.1, -0.05) is 5.16 Å². The molecule has 5 nitrogen and oxygen atoms in total. The Hall–Kier alpha value is -0.650. The lowest BCUT2D eigenvalue weighted by Gasteiger charge is -2.19. The van der Waals surface area contributed by atoms with Crippen LogP contribution in [0.15, 0.2) is 5.16 Å². The fraction of sp³-hybridized carbons (Fsp3) is 0.875. The molecule has 0 aromatic carbocycles. The summed E-state index contributed by atoms with van der Waals surface area (Å²) in [5.41, 5.74) is 10.6. The Balaban J connectivity index is 3.94. The second-order valence-corrected chi connectivity index (χ2v) is 3.75. The predicted molar refractivity (Wildman–Crippen MR) is 51.8 cm³/mol. The molecule has 0 rings (SSSR count). The van der Waals surface area contributed by atoms with Gasteiger partial charge < -0.3 is 21.8 Å². The van der Waals surface area contributed by atoms with E-state index in [0.717, 1.165) is 0 Å². The van der Waals surface area contributed by atoms with Gasteiger partial charge >= 0.3 is 0 Å². The van der Waals surface area contributed by atoms with Crippen LogP contribution < -0.4 is 11.5 Å². The summed E-state index contributed by atoms with van der Waals surface area (Å²) >= 11 is 0. The van der Waals surface area contributed by atoms with Gasteiger partial charge in [0.25, 0.3) is 0 Å². The quantitative estimate of drug-likeness (QED) is 0.269. The minimum absolute atomic E-state index is 0.142. The first-order valence-corrected chi connectivity index (χ1v) is 4.29. The van der Waals surface area contributed by atoms with Crippen LogP contribution in [0, 0.1) is 0 Å². The zero-order valence-corrected chi connectivity index (χ0v) is 8.20. The molecular weight excluding hydrogens is 170 g/mol. The Morgan fingerprint density at radius 3 is 2.38 bits per heavy atom. The van der Waals surface area contributed by atoms with E-state index in [2.05, 4.69) is 5.16 Å². The number of aliphatic hydroxyl groups is 1. The van der Waals surface area contributed by atoms with Crippen molar-refractivity contribution in [3.8, 4) is 0 Å². The van der Waals surface area contributed by atoms with E-state index in [-0.39, 0.29) is 12.6 Å². The molecule has 1 atom stereocenters. The summed E-state index contributed by atoms with van der Waals surface area (Å²) in [6.07, 6.45) is 1.10. The molecule has 0 saturated carbocycles. The van der Waals surface area contributed by atoms with Crippen LogP contribution in [0.4, 0.5) is 0 Å². The average molecular weight is 189 g/mol. The van der Waals surface area contributed by atoms with Crippen molar-refractivity contribution in [3.05, 3.63) is 0 Å². The van der Waals surface area contributed by atoms with Crippen LogP contribution in [-0.2, 0) is 0 Å². The monoisotopic (exact) mass is 189 g/mol. The Kier molecular flexibility index (Phi) is 4.90. The lowest BCUT2D eigenvalue weighted by atomic mass is 9.97. The molecule has 78 valence electrons. The molecule has 0 bridgehead atoms. The number of rotatable bonds is 5. The highest BCUT2D eigenvalue weighted by Gasteiger charge is 2.17. The number of nitrogens with two attached hydrogens (primary N) is 2. The first kappa shape index (κ1) is 12.3. The maximum absolute atomic E-state index is 9.40. The van der Waals surface area contributed by atoms with Crippen LogP contribution in [0.25, 0.3) is 0 Å². The first-order chi connectivity index (χ1) is 5.90. The van der Waals surface area contributed by atoms with Crippen molar-refractivity contribution in [3.63, 3.8) is 0 Å². The summed E-state index contributed by atoms with van der Waals surface area (Å²) in [7, 11) is 0. The number of hydrogen-bond acceptors (Lipinski definition) is 5. The van der Waals surface area contributed by atoms with Crippen LogP contribution in [0.1, 0.15) is 26.7 Å². The third-order valence-corrected chi connectivity index (χ3v) is 1.83. The highest BCUT2D eigenvalue weighted by atomic mass is 16.4. The maximum atomic E-state index is 9.40. The van der Waals surface area contributed by atoms with Crippen molar-refractivity contribution < 1.29 is 10.3 Å². The second-order valence-electron chi connectivity index (χ2n) is 3.75. The smallest absolute Gasteiger partial charge is 0.0872 e. The molecule has 5 heteroatoms. The van der Waals surface area contributed by atoms with Crippen LogP contribution in [-0.4, -0.2) is 34.2 Å². The van der Waals surface area contributed by atoms with Gasteiger partial charge in [0.15, 0.2) is 0 Å². The van der Waals surface area contributed by atoms with E-state index < -0.39 is 5.60 Å². The Morgan fingerprint density at radius 1 is 1.54 bits per heavy atom. The molecule has 0 aliphatic heterocycles. The molecule has 6 N–H and O–H groups in total. The fourth-order valence-electron chi connectivity index (χ4n) is 0.942. The molecule has 0 saturated heterocycles. The molecule has 0 amide bonds. The molecule has 0 fully saturated rings. The lowest BCUT2D eigenvalue weighted by Crippen LogP contribution is -2.37. The van der Waals surface area contributed by atoms with Crippen molar-refractivity contribution in [2.75, 3.05) is 6.54 Å². The van der Waals surface area contributed by atoms with E-state index in [1.807, 2.05) is 0 Å². The van der Waals surface area contributed by atoms with Crippen LogP contribution in [0.3, 0.4) is 0 Å². The number of hydrogen-bond donors (Lipinski definition) is 4. The predicted octanol–water partition coefficient (Wildman–Crippen LogP) is -0.346. The zero-order chi connectivity index (χ0) is 10.5. The first-order valence-electron chi connectivity index (χ1n) is 4.29. The third-order valence-electron chi connectivity index (χ3n) is 1.83. The molecule has 0 heterocycles.